The molecule has 1 aliphatic rings. The number of aromatic nitrogens is 2. The minimum Gasteiger partial charge on any atom is -0.378 e. The Labute approximate surface area is 114 Å². The van der Waals surface area contributed by atoms with Crippen LogP contribution in [0.5, 0.6) is 0 Å². The van der Waals surface area contributed by atoms with Crippen LogP contribution in [-0.2, 0) is 11.3 Å². The van der Waals surface area contributed by atoms with E-state index in [-0.39, 0.29) is 18.0 Å². The van der Waals surface area contributed by atoms with Gasteiger partial charge in [-0.3, -0.25) is 4.79 Å². The Morgan fingerprint density at radius 2 is 2.20 bits per heavy atom. The molecular weight excluding hydrogens is 263 g/mol. The monoisotopic (exact) mass is 278 g/mol. The van der Waals surface area contributed by atoms with Gasteiger partial charge in [0.15, 0.2) is 0 Å². The number of aromatic amines is 1. The maximum absolute atomic E-state index is 14.1. The Hall–Kier alpha value is -1.99. The predicted octanol–water partition coefficient (Wildman–Crippen LogP) is 0.633. The Morgan fingerprint density at radius 1 is 1.45 bits per heavy atom. The van der Waals surface area contributed by atoms with Crippen LogP contribution in [0.3, 0.4) is 0 Å². The molecule has 106 valence electrons. The van der Waals surface area contributed by atoms with Crippen LogP contribution in [0.15, 0.2) is 12.1 Å². The van der Waals surface area contributed by atoms with Crippen molar-refractivity contribution in [3.63, 3.8) is 0 Å². The minimum atomic E-state index is -0.566. The molecule has 0 spiro atoms. The van der Waals surface area contributed by atoms with Crippen molar-refractivity contribution in [2.45, 2.75) is 6.54 Å². The fourth-order valence-corrected chi connectivity index (χ4v) is 2.33. The summed E-state index contributed by atoms with van der Waals surface area (Å²) in [7, 11) is 0. The van der Waals surface area contributed by atoms with Gasteiger partial charge in [-0.25, -0.2) is 9.37 Å². The molecule has 2 aromatic rings. The van der Waals surface area contributed by atoms with Crippen LogP contribution in [-0.4, -0.2) is 47.1 Å². The number of imidazole rings is 1. The molecule has 6 nitrogen and oxygen atoms in total. The van der Waals surface area contributed by atoms with Crippen molar-refractivity contribution >= 4 is 16.9 Å². The number of nitrogens with zero attached hydrogens (tertiary/aromatic N) is 2. The molecule has 1 aliphatic heterocycles. The summed E-state index contributed by atoms with van der Waals surface area (Å²) in [6.45, 7) is 2.07. The molecule has 0 bridgehead atoms. The molecule has 0 radical (unpaired) electrons. The van der Waals surface area contributed by atoms with E-state index in [0.29, 0.717) is 43.2 Å². The summed E-state index contributed by atoms with van der Waals surface area (Å²) < 4.78 is 19.3. The number of fused-ring (bicyclic) bond motifs is 1. The molecule has 0 unspecified atom stereocenters. The van der Waals surface area contributed by atoms with Crippen LogP contribution in [0.4, 0.5) is 4.39 Å². The summed E-state index contributed by atoms with van der Waals surface area (Å²) in [5, 5.41) is 0. The van der Waals surface area contributed by atoms with Gasteiger partial charge < -0.3 is 20.4 Å². The highest BCUT2D eigenvalue weighted by molar-refractivity contribution is 6.05. The third-order valence-corrected chi connectivity index (χ3v) is 3.36. The fourth-order valence-electron chi connectivity index (χ4n) is 2.33. The topological polar surface area (TPSA) is 84.2 Å². The smallest absolute Gasteiger partial charge is 0.259 e. The van der Waals surface area contributed by atoms with Crippen molar-refractivity contribution in [1.29, 1.82) is 0 Å². The Kier molecular flexibility index (Phi) is 3.37. The molecule has 7 heteroatoms. The number of halogens is 1. The first-order chi connectivity index (χ1) is 9.70. The second kappa shape index (κ2) is 5.18. The Morgan fingerprint density at radius 3 is 2.90 bits per heavy atom. The maximum atomic E-state index is 14.1. The molecule has 0 saturated carbocycles. The lowest BCUT2D eigenvalue weighted by atomic mass is 10.1. The molecule has 1 amide bonds. The standard InChI is InChI=1S/C13H15FN4O2/c14-8-1-2-9-12(17-10(7-15)16-9)11(8)13(19)18-3-5-20-6-4-18/h1-2H,3-7,15H2,(H,16,17). The number of carbonyl (C=O) groups excluding carboxylic acids is 1. The van der Waals surface area contributed by atoms with E-state index in [1.807, 2.05) is 0 Å². The van der Waals surface area contributed by atoms with Gasteiger partial charge in [-0.05, 0) is 12.1 Å². The number of hydrogen-bond donors (Lipinski definition) is 2. The SMILES string of the molecule is NCc1nc2c(C(=O)N3CCOCC3)c(F)ccc2[nH]1. The number of carbonyl (C=O) groups is 1. The van der Waals surface area contributed by atoms with Crippen molar-refractivity contribution in [1.82, 2.24) is 14.9 Å². The first-order valence-corrected chi connectivity index (χ1v) is 6.45. The number of hydrogen-bond acceptors (Lipinski definition) is 4. The third kappa shape index (κ3) is 2.14. The maximum Gasteiger partial charge on any atom is 0.259 e. The summed E-state index contributed by atoms with van der Waals surface area (Å²) in [5.41, 5.74) is 6.47. The average Bonchev–Trinajstić information content (AvgIpc) is 2.90. The lowest BCUT2D eigenvalue weighted by Crippen LogP contribution is -2.41. The number of morpholine rings is 1. The van der Waals surface area contributed by atoms with Gasteiger partial charge in [0.05, 0.1) is 25.3 Å². The van der Waals surface area contributed by atoms with Crippen LogP contribution >= 0.6 is 0 Å². The van der Waals surface area contributed by atoms with Gasteiger partial charge in [0.25, 0.3) is 5.91 Å². The molecule has 0 atom stereocenters. The number of ether oxygens (including phenoxy) is 1. The zero-order chi connectivity index (χ0) is 14.1. The van der Waals surface area contributed by atoms with Gasteiger partial charge in [-0.15, -0.1) is 0 Å². The van der Waals surface area contributed by atoms with E-state index in [1.54, 1.807) is 11.0 Å². The zero-order valence-electron chi connectivity index (χ0n) is 10.9. The van der Waals surface area contributed by atoms with Gasteiger partial charge in [-0.2, -0.15) is 0 Å². The normalized spacial score (nSPS) is 15.8. The largest absolute Gasteiger partial charge is 0.378 e. The number of nitrogens with two attached hydrogens (primary N) is 1. The molecule has 0 aliphatic carbocycles. The third-order valence-electron chi connectivity index (χ3n) is 3.36. The van der Waals surface area contributed by atoms with Crippen molar-refractivity contribution in [2.75, 3.05) is 26.3 Å². The van der Waals surface area contributed by atoms with Gasteiger partial charge in [0.2, 0.25) is 0 Å². The van der Waals surface area contributed by atoms with Crippen molar-refractivity contribution in [3.05, 3.63) is 29.3 Å². The van der Waals surface area contributed by atoms with E-state index in [0.717, 1.165) is 0 Å². The lowest BCUT2D eigenvalue weighted by molar-refractivity contribution is 0.0301. The molecule has 1 saturated heterocycles. The van der Waals surface area contributed by atoms with E-state index in [1.165, 1.54) is 6.07 Å². The van der Waals surface area contributed by atoms with Crippen molar-refractivity contribution in [3.8, 4) is 0 Å². The average molecular weight is 278 g/mol. The molecule has 2 heterocycles. The first-order valence-electron chi connectivity index (χ1n) is 6.45. The Bertz CT molecular complexity index is 649. The zero-order valence-corrected chi connectivity index (χ0v) is 10.9. The molecule has 1 aromatic carbocycles. The number of benzene rings is 1. The summed E-state index contributed by atoms with van der Waals surface area (Å²) in [4.78, 5) is 21.2. The van der Waals surface area contributed by atoms with Crippen molar-refractivity contribution < 1.29 is 13.9 Å². The van der Waals surface area contributed by atoms with Gasteiger partial charge in [0, 0.05) is 13.1 Å². The van der Waals surface area contributed by atoms with Gasteiger partial charge in [-0.1, -0.05) is 0 Å². The fraction of sp³-hybridized carbons (Fsp3) is 0.385. The van der Waals surface area contributed by atoms with Crippen LogP contribution in [0, 0.1) is 5.82 Å². The second-order valence-corrected chi connectivity index (χ2v) is 4.61. The van der Waals surface area contributed by atoms with Crippen LogP contribution in [0.2, 0.25) is 0 Å². The van der Waals surface area contributed by atoms with Gasteiger partial charge in [0.1, 0.15) is 22.7 Å². The highest BCUT2D eigenvalue weighted by Gasteiger charge is 2.25. The summed E-state index contributed by atoms with van der Waals surface area (Å²) in [6, 6.07) is 2.83. The molecule has 1 aromatic heterocycles. The molecule has 1 fully saturated rings. The van der Waals surface area contributed by atoms with E-state index >= 15 is 0 Å². The molecular formula is C13H15FN4O2. The minimum absolute atomic E-state index is 0.000324. The first kappa shape index (κ1) is 13.0. The van der Waals surface area contributed by atoms with E-state index < -0.39 is 5.82 Å². The number of rotatable bonds is 2. The van der Waals surface area contributed by atoms with Crippen molar-refractivity contribution in [2.24, 2.45) is 5.73 Å². The molecule has 3 N–H and O–H groups in total. The van der Waals surface area contributed by atoms with Gasteiger partial charge >= 0.3 is 0 Å². The Balaban J connectivity index is 2.06. The lowest BCUT2D eigenvalue weighted by Gasteiger charge is -2.27. The molecule has 3 rings (SSSR count). The summed E-state index contributed by atoms with van der Waals surface area (Å²) in [6.07, 6.45) is 0. The quantitative estimate of drug-likeness (QED) is 0.844. The van der Waals surface area contributed by atoms with E-state index in [9.17, 15) is 9.18 Å². The highest BCUT2D eigenvalue weighted by Crippen LogP contribution is 2.22. The number of amides is 1. The number of nitrogens with one attached hydrogen (secondary N) is 1. The highest BCUT2D eigenvalue weighted by atomic mass is 19.1. The number of H-pyrrole nitrogens is 1. The summed E-state index contributed by atoms with van der Waals surface area (Å²) in [5.74, 6) is -0.392. The summed E-state index contributed by atoms with van der Waals surface area (Å²) >= 11 is 0. The second-order valence-electron chi connectivity index (χ2n) is 4.61. The van der Waals surface area contributed by atoms with Crippen LogP contribution < -0.4 is 5.73 Å². The predicted molar refractivity (Wildman–Crippen MR) is 70.7 cm³/mol. The molecule has 20 heavy (non-hydrogen) atoms. The van der Waals surface area contributed by atoms with Crippen LogP contribution in [0.25, 0.3) is 11.0 Å². The van der Waals surface area contributed by atoms with E-state index in [2.05, 4.69) is 9.97 Å². The van der Waals surface area contributed by atoms with Crippen LogP contribution in [0.1, 0.15) is 16.2 Å². The van der Waals surface area contributed by atoms with E-state index in [4.69, 9.17) is 10.5 Å².